The Bertz CT molecular complexity index is 167. The zero-order valence-electron chi connectivity index (χ0n) is 10.6. The molecule has 0 bridgehead atoms. The van der Waals surface area contributed by atoms with E-state index in [-0.39, 0.29) is 5.41 Å². The Labute approximate surface area is 93.8 Å². The summed E-state index contributed by atoms with van der Waals surface area (Å²) in [6, 6.07) is 0. The maximum atomic E-state index is 11.1. The third-order valence-corrected chi connectivity index (χ3v) is 3.06. The Morgan fingerprint density at radius 2 is 1.87 bits per heavy atom. The molecule has 3 nitrogen and oxygen atoms in total. The molecular formula is C12H25NO2. The van der Waals surface area contributed by atoms with E-state index in [1.54, 1.807) is 0 Å². The minimum absolute atomic E-state index is 0.166. The molecule has 0 saturated carbocycles. The first-order valence-corrected chi connectivity index (χ1v) is 5.86. The van der Waals surface area contributed by atoms with E-state index in [1.807, 2.05) is 14.0 Å². The number of hydrogen-bond acceptors (Lipinski definition) is 3. The number of ether oxygens (including phenoxy) is 1. The molecule has 90 valence electrons. The van der Waals surface area contributed by atoms with E-state index < -0.39 is 0 Å². The van der Waals surface area contributed by atoms with Crippen molar-refractivity contribution in [2.24, 2.45) is 5.41 Å². The molecule has 0 aromatic rings. The number of rotatable bonds is 9. The molecule has 0 amide bonds. The van der Waals surface area contributed by atoms with Gasteiger partial charge in [-0.15, -0.1) is 0 Å². The third-order valence-electron chi connectivity index (χ3n) is 3.06. The average molecular weight is 215 g/mol. The highest BCUT2D eigenvalue weighted by molar-refractivity contribution is 5.59. The fourth-order valence-corrected chi connectivity index (χ4v) is 1.66. The fourth-order valence-electron chi connectivity index (χ4n) is 1.66. The predicted octanol–water partition coefficient (Wildman–Crippen LogP) is 1.96. The van der Waals surface area contributed by atoms with Gasteiger partial charge in [0.05, 0.1) is 6.61 Å². The molecule has 0 radical (unpaired) electrons. The van der Waals surface area contributed by atoms with Crippen LogP contribution in [0.5, 0.6) is 0 Å². The first kappa shape index (κ1) is 14.6. The third kappa shape index (κ3) is 5.28. The summed E-state index contributed by atoms with van der Waals surface area (Å²) in [6.45, 7) is 9.37. The normalized spacial score (nSPS) is 12.1. The standard InChI is InChI=1S/C12H25NO2/c1-5-12(6-2,11-14)10-13(4)8-9-15-7-3/h11H,5-10H2,1-4H3. The molecule has 0 aromatic carbocycles. The Hall–Kier alpha value is -0.410. The van der Waals surface area contributed by atoms with Gasteiger partial charge in [-0.1, -0.05) is 13.8 Å². The van der Waals surface area contributed by atoms with Gasteiger partial charge in [-0.25, -0.2) is 0 Å². The summed E-state index contributed by atoms with van der Waals surface area (Å²) in [5, 5.41) is 0. The van der Waals surface area contributed by atoms with Crippen molar-refractivity contribution in [1.82, 2.24) is 4.90 Å². The number of likely N-dealkylation sites (N-methyl/N-ethyl adjacent to an activating group) is 1. The quantitative estimate of drug-likeness (QED) is 0.435. The molecule has 15 heavy (non-hydrogen) atoms. The highest BCUT2D eigenvalue weighted by atomic mass is 16.5. The van der Waals surface area contributed by atoms with E-state index >= 15 is 0 Å². The zero-order chi connectivity index (χ0) is 11.7. The van der Waals surface area contributed by atoms with Crippen LogP contribution in [-0.2, 0) is 9.53 Å². The molecule has 0 fully saturated rings. The lowest BCUT2D eigenvalue weighted by molar-refractivity contribution is -0.117. The largest absolute Gasteiger partial charge is 0.380 e. The number of nitrogens with zero attached hydrogens (tertiary/aromatic N) is 1. The molecule has 0 N–H and O–H groups in total. The second kappa shape index (κ2) is 7.83. The van der Waals surface area contributed by atoms with Crippen molar-refractivity contribution in [2.75, 3.05) is 33.4 Å². The molecule has 0 aromatic heterocycles. The van der Waals surface area contributed by atoms with Crippen molar-refractivity contribution < 1.29 is 9.53 Å². The number of carbonyl (C=O) groups is 1. The van der Waals surface area contributed by atoms with Crippen LogP contribution in [-0.4, -0.2) is 44.5 Å². The van der Waals surface area contributed by atoms with Crippen molar-refractivity contribution in [2.45, 2.75) is 33.6 Å². The minimum atomic E-state index is -0.166. The van der Waals surface area contributed by atoms with E-state index in [0.717, 1.165) is 45.4 Å². The monoisotopic (exact) mass is 215 g/mol. The molecule has 3 heteroatoms. The molecular weight excluding hydrogens is 190 g/mol. The van der Waals surface area contributed by atoms with Gasteiger partial charge in [0.15, 0.2) is 0 Å². The number of hydrogen-bond donors (Lipinski definition) is 0. The molecule has 0 saturated heterocycles. The average Bonchev–Trinajstić information content (AvgIpc) is 2.26. The van der Waals surface area contributed by atoms with E-state index in [4.69, 9.17) is 4.74 Å². The van der Waals surface area contributed by atoms with Gasteiger partial charge in [-0.3, -0.25) is 0 Å². The van der Waals surface area contributed by atoms with E-state index in [2.05, 4.69) is 18.7 Å². The van der Waals surface area contributed by atoms with Gasteiger partial charge < -0.3 is 14.4 Å². The van der Waals surface area contributed by atoms with Crippen LogP contribution in [0.3, 0.4) is 0 Å². The van der Waals surface area contributed by atoms with E-state index in [0.29, 0.717) is 0 Å². The summed E-state index contributed by atoms with van der Waals surface area (Å²) in [5.74, 6) is 0. The van der Waals surface area contributed by atoms with Crippen molar-refractivity contribution >= 4 is 6.29 Å². The molecule has 0 atom stereocenters. The van der Waals surface area contributed by atoms with Gasteiger partial charge in [0.2, 0.25) is 0 Å². The van der Waals surface area contributed by atoms with Crippen molar-refractivity contribution in [3.63, 3.8) is 0 Å². The summed E-state index contributed by atoms with van der Waals surface area (Å²) in [6.07, 6.45) is 2.93. The molecule has 0 heterocycles. The van der Waals surface area contributed by atoms with Gasteiger partial charge in [-0.2, -0.15) is 0 Å². The maximum absolute atomic E-state index is 11.1. The summed E-state index contributed by atoms with van der Waals surface area (Å²) in [5.41, 5.74) is -0.166. The Balaban J connectivity index is 3.99. The summed E-state index contributed by atoms with van der Waals surface area (Å²) in [7, 11) is 2.04. The molecule has 0 spiro atoms. The maximum Gasteiger partial charge on any atom is 0.127 e. The summed E-state index contributed by atoms with van der Waals surface area (Å²) in [4.78, 5) is 13.3. The van der Waals surface area contributed by atoms with Gasteiger partial charge in [0.1, 0.15) is 6.29 Å². The molecule has 0 unspecified atom stereocenters. The van der Waals surface area contributed by atoms with Crippen LogP contribution in [0.15, 0.2) is 0 Å². The lowest BCUT2D eigenvalue weighted by atomic mass is 9.83. The van der Waals surface area contributed by atoms with Crippen LogP contribution >= 0.6 is 0 Å². The summed E-state index contributed by atoms with van der Waals surface area (Å²) < 4.78 is 5.29. The van der Waals surface area contributed by atoms with Crippen LogP contribution < -0.4 is 0 Å². The highest BCUT2D eigenvalue weighted by Crippen LogP contribution is 2.24. The minimum Gasteiger partial charge on any atom is -0.380 e. The smallest absolute Gasteiger partial charge is 0.127 e. The first-order valence-electron chi connectivity index (χ1n) is 5.86. The van der Waals surface area contributed by atoms with Gasteiger partial charge in [-0.05, 0) is 26.8 Å². The highest BCUT2D eigenvalue weighted by Gasteiger charge is 2.26. The Kier molecular flexibility index (Phi) is 7.61. The van der Waals surface area contributed by atoms with Gasteiger partial charge >= 0.3 is 0 Å². The lowest BCUT2D eigenvalue weighted by Gasteiger charge is -2.30. The molecule has 0 aliphatic carbocycles. The van der Waals surface area contributed by atoms with Gasteiger partial charge in [0, 0.05) is 25.1 Å². The van der Waals surface area contributed by atoms with Crippen LogP contribution in [0.2, 0.25) is 0 Å². The molecule has 0 aliphatic rings. The van der Waals surface area contributed by atoms with Crippen LogP contribution in [0.1, 0.15) is 33.6 Å². The van der Waals surface area contributed by atoms with Crippen LogP contribution in [0.25, 0.3) is 0 Å². The number of aldehydes is 1. The van der Waals surface area contributed by atoms with Crippen LogP contribution in [0.4, 0.5) is 0 Å². The SMILES string of the molecule is CCOCCN(C)CC(C=O)(CC)CC. The van der Waals surface area contributed by atoms with Crippen molar-refractivity contribution in [1.29, 1.82) is 0 Å². The van der Waals surface area contributed by atoms with E-state index in [1.165, 1.54) is 0 Å². The van der Waals surface area contributed by atoms with Crippen LogP contribution in [0, 0.1) is 5.41 Å². The predicted molar refractivity (Wildman–Crippen MR) is 63.1 cm³/mol. The molecule has 0 rings (SSSR count). The summed E-state index contributed by atoms with van der Waals surface area (Å²) >= 11 is 0. The van der Waals surface area contributed by atoms with Crippen molar-refractivity contribution in [3.8, 4) is 0 Å². The van der Waals surface area contributed by atoms with Crippen molar-refractivity contribution in [3.05, 3.63) is 0 Å². The molecule has 0 aliphatic heterocycles. The second-order valence-electron chi connectivity index (χ2n) is 4.12. The Morgan fingerprint density at radius 3 is 2.27 bits per heavy atom. The van der Waals surface area contributed by atoms with E-state index in [9.17, 15) is 4.79 Å². The number of carbonyl (C=O) groups excluding carboxylic acids is 1. The lowest BCUT2D eigenvalue weighted by Crippen LogP contribution is -2.37. The second-order valence-corrected chi connectivity index (χ2v) is 4.12. The fraction of sp³-hybridized carbons (Fsp3) is 0.917. The topological polar surface area (TPSA) is 29.5 Å². The zero-order valence-corrected chi connectivity index (χ0v) is 10.6. The Morgan fingerprint density at radius 1 is 1.27 bits per heavy atom. The first-order chi connectivity index (χ1) is 7.14. The van der Waals surface area contributed by atoms with Gasteiger partial charge in [0.25, 0.3) is 0 Å².